The summed E-state index contributed by atoms with van der Waals surface area (Å²) in [7, 11) is 0. The van der Waals surface area contributed by atoms with E-state index in [0.29, 0.717) is 5.92 Å². The zero-order chi connectivity index (χ0) is 15.1. The molecule has 1 atom stereocenters. The standard InChI is InChI=1S/C18H32N2O/c1-3-5-6-15-7-9-16(10-8-15)17(21)14-18-19-11-13-20(18)12-4-2/h11,13,15-17,21H,3-10,12,14H2,1-2H3. The maximum Gasteiger partial charge on any atom is 0.111 e. The van der Waals surface area contributed by atoms with Gasteiger partial charge in [-0.3, -0.25) is 0 Å². The van der Waals surface area contributed by atoms with Crippen molar-refractivity contribution in [3.63, 3.8) is 0 Å². The first-order valence-electron chi connectivity index (χ1n) is 8.92. The molecule has 1 aliphatic carbocycles. The second-order valence-corrected chi connectivity index (χ2v) is 6.73. The van der Waals surface area contributed by atoms with Gasteiger partial charge in [0.05, 0.1) is 6.10 Å². The van der Waals surface area contributed by atoms with Crippen LogP contribution < -0.4 is 0 Å². The maximum atomic E-state index is 10.5. The monoisotopic (exact) mass is 292 g/mol. The van der Waals surface area contributed by atoms with Crippen LogP contribution >= 0.6 is 0 Å². The molecule has 1 aliphatic rings. The first-order valence-corrected chi connectivity index (χ1v) is 8.92. The summed E-state index contributed by atoms with van der Waals surface area (Å²) in [6.07, 6.45) is 14.6. The number of hydrogen-bond donors (Lipinski definition) is 1. The molecule has 2 rings (SSSR count). The summed E-state index contributed by atoms with van der Waals surface area (Å²) in [5, 5.41) is 10.5. The van der Waals surface area contributed by atoms with E-state index in [2.05, 4.69) is 23.4 Å². The zero-order valence-electron chi connectivity index (χ0n) is 13.8. The average molecular weight is 292 g/mol. The first kappa shape index (κ1) is 16.5. The van der Waals surface area contributed by atoms with Crippen molar-refractivity contribution < 1.29 is 5.11 Å². The lowest BCUT2D eigenvalue weighted by atomic mass is 9.77. The van der Waals surface area contributed by atoms with Crippen LogP contribution in [-0.4, -0.2) is 20.8 Å². The van der Waals surface area contributed by atoms with Crippen LogP contribution in [0, 0.1) is 11.8 Å². The number of aliphatic hydroxyl groups excluding tert-OH is 1. The lowest BCUT2D eigenvalue weighted by molar-refractivity contribution is 0.0704. The summed E-state index contributed by atoms with van der Waals surface area (Å²) in [5.41, 5.74) is 0. The van der Waals surface area contributed by atoms with Gasteiger partial charge in [0.15, 0.2) is 0 Å². The molecule has 1 N–H and O–H groups in total. The minimum atomic E-state index is -0.213. The molecule has 3 heteroatoms. The van der Waals surface area contributed by atoms with Gasteiger partial charge in [-0.05, 0) is 31.1 Å². The van der Waals surface area contributed by atoms with Gasteiger partial charge in [-0.1, -0.05) is 46.0 Å². The van der Waals surface area contributed by atoms with Gasteiger partial charge in [0.1, 0.15) is 5.82 Å². The predicted molar refractivity (Wildman–Crippen MR) is 87.2 cm³/mol. The maximum absolute atomic E-state index is 10.5. The topological polar surface area (TPSA) is 38.1 Å². The van der Waals surface area contributed by atoms with Crippen molar-refractivity contribution in [3.05, 3.63) is 18.2 Å². The van der Waals surface area contributed by atoms with E-state index in [4.69, 9.17) is 0 Å². The molecule has 0 saturated heterocycles. The fourth-order valence-corrected chi connectivity index (χ4v) is 3.68. The predicted octanol–water partition coefficient (Wildman–Crippen LogP) is 4.19. The summed E-state index contributed by atoms with van der Waals surface area (Å²) < 4.78 is 2.19. The van der Waals surface area contributed by atoms with Crippen LogP contribution in [0.4, 0.5) is 0 Å². The molecule has 0 radical (unpaired) electrons. The van der Waals surface area contributed by atoms with Crippen LogP contribution in [0.15, 0.2) is 12.4 Å². The molecule has 0 bridgehead atoms. The van der Waals surface area contributed by atoms with E-state index in [1.807, 2.05) is 12.4 Å². The fourth-order valence-electron chi connectivity index (χ4n) is 3.68. The van der Waals surface area contributed by atoms with Crippen LogP contribution in [0.5, 0.6) is 0 Å². The molecule has 21 heavy (non-hydrogen) atoms. The van der Waals surface area contributed by atoms with Gasteiger partial charge in [-0.15, -0.1) is 0 Å². The Morgan fingerprint density at radius 1 is 1.24 bits per heavy atom. The minimum Gasteiger partial charge on any atom is -0.392 e. The molecule has 1 aromatic heterocycles. The number of nitrogens with zero attached hydrogens (tertiary/aromatic N) is 2. The Kier molecular flexibility index (Phi) is 6.75. The Bertz CT molecular complexity index is 394. The summed E-state index contributed by atoms with van der Waals surface area (Å²) in [4.78, 5) is 4.43. The average Bonchev–Trinajstić information content (AvgIpc) is 2.93. The lowest BCUT2D eigenvalue weighted by Crippen LogP contribution is -2.28. The molecule has 0 amide bonds. The van der Waals surface area contributed by atoms with E-state index < -0.39 is 0 Å². The van der Waals surface area contributed by atoms with Crippen molar-refractivity contribution in [2.24, 2.45) is 11.8 Å². The number of aromatic nitrogens is 2. The molecule has 1 saturated carbocycles. The van der Waals surface area contributed by atoms with E-state index in [1.165, 1.54) is 44.9 Å². The van der Waals surface area contributed by atoms with Crippen molar-refractivity contribution in [2.75, 3.05) is 0 Å². The molecular weight excluding hydrogens is 260 g/mol. The van der Waals surface area contributed by atoms with E-state index >= 15 is 0 Å². The second-order valence-electron chi connectivity index (χ2n) is 6.73. The number of aliphatic hydroxyl groups is 1. The van der Waals surface area contributed by atoms with Gasteiger partial charge in [0, 0.05) is 25.4 Å². The molecule has 1 unspecified atom stereocenters. The molecule has 1 aromatic rings. The third-order valence-corrected chi connectivity index (χ3v) is 5.06. The van der Waals surface area contributed by atoms with E-state index in [-0.39, 0.29) is 6.10 Å². The third-order valence-electron chi connectivity index (χ3n) is 5.06. The van der Waals surface area contributed by atoms with Gasteiger partial charge in [0.2, 0.25) is 0 Å². The Morgan fingerprint density at radius 2 is 2.00 bits per heavy atom. The van der Waals surface area contributed by atoms with Crippen molar-refractivity contribution in [1.82, 2.24) is 9.55 Å². The lowest BCUT2D eigenvalue weighted by Gasteiger charge is -2.31. The molecule has 1 heterocycles. The molecule has 1 fully saturated rings. The Labute approximate surface area is 129 Å². The number of rotatable bonds is 8. The molecule has 0 aromatic carbocycles. The van der Waals surface area contributed by atoms with Crippen LogP contribution in [0.1, 0.15) is 71.0 Å². The highest BCUT2D eigenvalue weighted by Gasteiger charge is 2.27. The van der Waals surface area contributed by atoms with Gasteiger partial charge >= 0.3 is 0 Å². The van der Waals surface area contributed by atoms with E-state index in [1.54, 1.807) is 0 Å². The van der Waals surface area contributed by atoms with Gasteiger partial charge in [-0.2, -0.15) is 0 Å². The van der Waals surface area contributed by atoms with Crippen molar-refractivity contribution >= 4 is 0 Å². The highest BCUT2D eigenvalue weighted by molar-refractivity contribution is 4.95. The van der Waals surface area contributed by atoms with E-state index in [9.17, 15) is 5.11 Å². The van der Waals surface area contributed by atoms with E-state index in [0.717, 1.165) is 31.1 Å². The van der Waals surface area contributed by atoms with Crippen LogP contribution in [0.3, 0.4) is 0 Å². The molecule has 120 valence electrons. The number of unbranched alkanes of at least 4 members (excludes halogenated alkanes) is 1. The highest BCUT2D eigenvalue weighted by Crippen LogP contribution is 2.34. The summed E-state index contributed by atoms with van der Waals surface area (Å²) in [5.74, 6) is 2.45. The summed E-state index contributed by atoms with van der Waals surface area (Å²) >= 11 is 0. The largest absolute Gasteiger partial charge is 0.392 e. The Balaban J connectivity index is 1.79. The number of aryl methyl sites for hydroxylation is 1. The van der Waals surface area contributed by atoms with Crippen molar-refractivity contribution in [2.45, 2.75) is 84.3 Å². The molecular formula is C18H32N2O. The van der Waals surface area contributed by atoms with Gasteiger partial charge in [-0.25, -0.2) is 4.98 Å². The smallest absolute Gasteiger partial charge is 0.111 e. The van der Waals surface area contributed by atoms with Gasteiger partial charge in [0.25, 0.3) is 0 Å². The molecule has 0 spiro atoms. The first-order chi connectivity index (χ1) is 10.2. The zero-order valence-corrected chi connectivity index (χ0v) is 13.8. The minimum absolute atomic E-state index is 0.213. The number of hydrogen-bond acceptors (Lipinski definition) is 2. The fraction of sp³-hybridized carbons (Fsp3) is 0.833. The van der Waals surface area contributed by atoms with Gasteiger partial charge < -0.3 is 9.67 Å². The third kappa shape index (κ3) is 4.84. The SMILES string of the molecule is CCCCC1CCC(C(O)Cc2nccn2CCC)CC1. The van der Waals surface area contributed by atoms with Crippen LogP contribution in [0.25, 0.3) is 0 Å². The normalized spacial score (nSPS) is 24.1. The Morgan fingerprint density at radius 3 is 2.67 bits per heavy atom. The van der Waals surface area contributed by atoms with Crippen molar-refractivity contribution in [3.8, 4) is 0 Å². The molecule has 0 aliphatic heterocycles. The molecule has 3 nitrogen and oxygen atoms in total. The quantitative estimate of drug-likeness (QED) is 0.780. The van der Waals surface area contributed by atoms with Crippen molar-refractivity contribution in [1.29, 1.82) is 0 Å². The van der Waals surface area contributed by atoms with Crippen LogP contribution in [-0.2, 0) is 13.0 Å². The number of imidazole rings is 1. The highest BCUT2D eigenvalue weighted by atomic mass is 16.3. The summed E-state index contributed by atoms with van der Waals surface area (Å²) in [6.45, 7) is 5.46. The second kappa shape index (κ2) is 8.57. The summed E-state index contributed by atoms with van der Waals surface area (Å²) in [6, 6.07) is 0. The van der Waals surface area contributed by atoms with Crippen LogP contribution in [0.2, 0.25) is 0 Å². The Hall–Kier alpha value is -0.830.